The predicted octanol–water partition coefficient (Wildman–Crippen LogP) is 1.69. The minimum absolute atomic E-state index is 0.0192. The molecule has 7 nitrogen and oxygen atoms in total. The van der Waals surface area contributed by atoms with Gasteiger partial charge in [0.1, 0.15) is 0 Å². The number of benzene rings is 1. The lowest BCUT2D eigenvalue weighted by atomic mass is 9.76. The summed E-state index contributed by atoms with van der Waals surface area (Å²) in [5, 5.41) is 12.8. The van der Waals surface area contributed by atoms with E-state index in [-0.39, 0.29) is 26.4 Å². The number of halogens is 1. The van der Waals surface area contributed by atoms with Crippen LogP contribution in [0.5, 0.6) is 0 Å². The Morgan fingerprint density at radius 2 is 1.96 bits per heavy atom. The van der Waals surface area contributed by atoms with E-state index in [0.717, 1.165) is 15.7 Å². The van der Waals surface area contributed by atoms with Crippen molar-refractivity contribution < 1.29 is 13.4 Å². The van der Waals surface area contributed by atoms with Crippen LogP contribution in [0.25, 0.3) is 11.0 Å². The lowest BCUT2D eigenvalue weighted by Gasteiger charge is -2.07. The number of fused-ring (bicyclic) bond motifs is 1. The highest BCUT2D eigenvalue weighted by molar-refractivity contribution is 7.90. The zero-order chi connectivity index (χ0) is 17.5. The molecule has 0 radical (unpaired) electrons. The molecule has 3 aromatic rings. The molecule has 0 bridgehead atoms. The molecule has 0 amide bonds. The van der Waals surface area contributed by atoms with Gasteiger partial charge in [-0.3, -0.25) is 0 Å². The molecule has 2 aromatic heterocycles. The van der Waals surface area contributed by atoms with Gasteiger partial charge in [0.25, 0.3) is 10.0 Å². The molecule has 0 spiro atoms. The van der Waals surface area contributed by atoms with E-state index in [4.69, 9.17) is 11.6 Å². The Kier molecular flexibility index (Phi) is 4.16. The third-order valence-corrected chi connectivity index (χ3v) is 5.44. The van der Waals surface area contributed by atoms with Gasteiger partial charge in [-0.2, -0.15) is 4.91 Å². The third kappa shape index (κ3) is 2.70. The second-order valence-corrected chi connectivity index (χ2v) is 7.45. The molecular formula is C14H11BClN3O4S. The zero-order valence-corrected chi connectivity index (χ0v) is 14.0. The molecule has 0 saturated heterocycles. The average Bonchev–Trinajstić information content (AvgIpc) is 2.94. The van der Waals surface area contributed by atoms with Crippen LogP contribution in [0.1, 0.15) is 5.56 Å². The minimum Gasteiger partial charge on any atom is -0.425 e. The Labute approximate surface area is 143 Å². The smallest absolute Gasteiger partial charge is 0.425 e. The maximum absolute atomic E-state index is 12.9. The molecule has 0 aliphatic rings. The number of aromatic nitrogens is 2. The molecule has 0 aliphatic heterocycles. The summed E-state index contributed by atoms with van der Waals surface area (Å²) in [6, 6.07) is 7.72. The SMILES string of the molecule is Cc1ccc(S(=O)(=O)n2cc(B(O)N=O)c3cc(Cl)cnc32)cc1. The van der Waals surface area contributed by atoms with Gasteiger partial charge in [0, 0.05) is 23.2 Å². The summed E-state index contributed by atoms with van der Waals surface area (Å²) in [5.41, 5.74) is 0.987. The molecule has 24 heavy (non-hydrogen) atoms. The molecule has 1 N–H and O–H groups in total. The van der Waals surface area contributed by atoms with E-state index in [9.17, 15) is 18.3 Å². The Balaban J connectivity index is 2.30. The standard InChI is InChI=1S/C14H11BClN3O4S/c1-9-2-4-11(5-3-9)24(22,23)19-8-13(15(20)18-21)12-6-10(16)7-17-14(12)19/h2-8,20H,1H3. The molecule has 0 unspecified atom stereocenters. The van der Waals surface area contributed by atoms with Crippen LogP contribution in [0, 0.1) is 11.8 Å². The number of rotatable bonds is 4. The number of aryl methyl sites for hydroxylation is 1. The van der Waals surface area contributed by atoms with Crippen molar-refractivity contribution in [3.05, 3.63) is 58.2 Å². The number of hydrogen-bond acceptors (Lipinski definition) is 6. The summed E-state index contributed by atoms with van der Waals surface area (Å²) in [6.07, 6.45) is 2.42. The van der Waals surface area contributed by atoms with Crippen LogP contribution >= 0.6 is 11.6 Å². The van der Waals surface area contributed by atoms with Gasteiger partial charge in [0.05, 0.1) is 9.92 Å². The first kappa shape index (κ1) is 16.6. The summed E-state index contributed by atoms with van der Waals surface area (Å²) in [5.74, 6) is 0. The van der Waals surface area contributed by atoms with Gasteiger partial charge < -0.3 is 5.02 Å². The van der Waals surface area contributed by atoms with Gasteiger partial charge in [-0.25, -0.2) is 17.4 Å². The van der Waals surface area contributed by atoms with Gasteiger partial charge in [0.2, 0.25) is 0 Å². The third-order valence-electron chi connectivity index (χ3n) is 3.57. The van der Waals surface area contributed by atoms with Gasteiger partial charge in [0.15, 0.2) is 5.65 Å². The zero-order valence-electron chi connectivity index (χ0n) is 12.4. The lowest BCUT2D eigenvalue weighted by molar-refractivity contribution is 0.587. The normalized spacial score (nSPS) is 11.6. The van der Waals surface area contributed by atoms with E-state index in [1.54, 1.807) is 12.1 Å². The van der Waals surface area contributed by atoms with Gasteiger partial charge in [-0.1, -0.05) is 34.4 Å². The quantitative estimate of drug-likeness (QED) is 0.561. The van der Waals surface area contributed by atoms with Crippen molar-refractivity contribution in [3.8, 4) is 0 Å². The molecule has 0 fully saturated rings. The Hall–Kier alpha value is -2.23. The second kappa shape index (κ2) is 6.01. The van der Waals surface area contributed by atoms with Crippen LogP contribution in [-0.2, 0) is 10.0 Å². The monoisotopic (exact) mass is 363 g/mol. The minimum atomic E-state index is -3.96. The Morgan fingerprint density at radius 1 is 1.29 bits per heavy atom. The van der Waals surface area contributed by atoms with Gasteiger partial charge in [-0.15, -0.1) is 0 Å². The predicted molar refractivity (Wildman–Crippen MR) is 91.9 cm³/mol. The van der Waals surface area contributed by atoms with Crippen LogP contribution in [-0.4, -0.2) is 29.4 Å². The average molecular weight is 364 g/mol. The molecular weight excluding hydrogens is 353 g/mol. The highest BCUT2D eigenvalue weighted by Crippen LogP contribution is 2.22. The largest absolute Gasteiger partial charge is 0.519 e. The van der Waals surface area contributed by atoms with Crippen molar-refractivity contribution >= 4 is 45.2 Å². The molecule has 0 aliphatic carbocycles. The van der Waals surface area contributed by atoms with Crippen LogP contribution in [0.2, 0.25) is 5.02 Å². The highest BCUT2D eigenvalue weighted by Gasteiger charge is 2.28. The van der Waals surface area contributed by atoms with Crippen molar-refractivity contribution in [2.75, 3.05) is 0 Å². The number of hydrogen-bond donors (Lipinski definition) is 1. The first-order valence-electron chi connectivity index (χ1n) is 6.84. The summed E-state index contributed by atoms with van der Waals surface area (Å²) >= 11 is 5.88. The Bertz CT molecular complexity index is 1030. The van der Waals surface area contributed by atoms with E-state index in [2.05, 4.69) is 10.1 Å². The second-order valence-electron chi connectivity index (χ2n) is 5.20. The number of nitroso groups, excluding NO2 is 1. The number of nitrogens with zero attached hydrogens (tertiary/aromatic N) is 3. The van der Waals surface area contributed by atoms with Gasteiger partial charge in [-0.05, 0) is 25.1 Å². The molecule has 10 heteroatoms. The summed E-state index contributed by atoms with van der Waals surface area (Å²) in [7, 11) is -5.68. The van der Waals surface area contributed by atoms with E-state index < -0.39 is 17.1 Å². The number of pyridine rings is 1. The van der Waals surface area contributed by atoms with Crippen LogP contribution in [0.15, 0.2) is 52.7 Å². The molecule has 0 saturated carbocycles. The first-order valence-corrected chi connectivity index (χ1v) is 8.65. The molecule has 122 valence electrons. The fourth-order valence-corrected chi connectivity index (χ4v) is 3.84. The summed E-state index contributed by atoms with van der Waals surface area (Å²) in [4.78, 5) is 14.8. The van der Waals surface area contributed by atoms with Crippen molar-refractivity contribution in [1.82, 2.24) is 8.96 Å². The van der Waals surface area contributed by atoms with Gasteiger partial charge >= 0.3 is 7.05 Å². The topological polar surface area (TPSA) is 102 Å². The molecule has 0 atom stereocenters. The summed E-state index contributed by atoms with van der Waals surface area (Å²) in [6.45, 7) is 1.84. The Morgan fingerprint density at radius 3 is 2.58 bits per heavy atom. The molecule has 1 aromatic carbocycles. The maximum Gasteiger partial charge on any atom is 0.519 e. The van der Waals surface area contributed by atoms with Crippen LogP contribution in [0.3, 0.4) is 0 Å². The van der Waals surface area contributed by atoms with Crippen molar-refractivity contribution in [3.63, 3.8) is 0 Å². The molecule has 3 rings (SSSR count). The highest BCUT2D eigenvalue weighted by atomic mass is 35.5. The van der Waals surface area contributed by atoms with Crippen LogP contribution < -0.4 is 5.46 Å². The lowest BCUT2D eigenvalue weighted by Crippen LogP contribution is -2.27. The fourth-order valence-electron chi connectivity index (χ4n) is 2.35. The van der Waals surface area contributed by atoms with E-state index in [1.165, 1.54) is 24.4 Å². The first-order chi connectivity index (χ1) is 11.3. The van der Waals surface area contributed by atoms with Crippen molar-refractivity contribution in [1.29, 1.82) is 0 Å². The fraction of sp³-hybridized carbons (Fsp3) is 0.0714. The van der Waals surface area contributed by atoms with E-state index in [0.29, 0.717) is 0 Å². The van der Waals surface area contributed by atoms with Crippen molar-refractivity contribution in [2.45, 2.75) is 11.8 Å². The summed E-state index contributed by atoms with van der Waals surface area (Å²) < 4.78 is 26.6. The molecule has 2 heterocycles. The maximum atomic E-state index is 12.9. The van der Waals surface area contributed by atoms with Crippen LogP contribution in [0.4, 0.5) is 0 Å². The van der Waals surface area contributed by atoms with E-state index in [1.807, 2.05) is 6.92 Å². The van der Waals surface area contributed by atoms with E-state index >= 15 is 0 Å². The van der Waals surface area contributed by atoms with Crippen molar-refractivity contribution in [2.24, 2.45) is 5.09 Å².